The summed E-state index contributed by atoms with van der Waals surface area (Å²) in [5, 5.41) is 0. The van der Waals surface area contributed by atoms with Gasteiger partial charge in [-0.3, -0.25) is 14.4 Å². The lowest BCUT2D eigenvalue weighted by Gasteiger charge is -2.49. The molecule has 15 nitrogen and oxygen atoms in total. The van der Waals surface area contributed by atoms with Crippen LogP contribution in [0.25, 0.3) is 0 Å². The number of carbonyl (C=O) groups excluding carboxylic acids is 4. The maximum atomic E-state index is 13.2. The largest absolute Gasteiger partial charge is 0.467 e. The Balaban J connectivity index is 1.57. The van der Waals surface area contributed by atoms with Crippen molar-refractivity contribution in [2.75, 3.05) is 20.8 Å². The summed E-state index contributed by atoms with van der Waals surface area (Å²) in [7, 11) is 2.55. The van der Waals surface area contributed by atoms with E-state index in [9.17, 15) is 19.2 Å². The summed E-state index contributed by atoms with van der Waals surface area (Å²) in [4.78, 5) is 50.7. The van der Waals surface area contributed by atoms with Gasteiger partial charge in [0, 0.05) is 27.9 Å². The highest BCUT2D eigenvalue weighted by atomic mass is 16.8. The first-order valence-electron chi connectivity index (χ1n) is 18.1. The molecule has 56 heavy (non-hydrogen) atoms. The van der Waals surface area contributed by atoms with Crippen molar-refractivity contribution in [1.82, 2.24) is 0 Å². The SMILES string of the molecule is COC(=O)[C@H]1O[C@@H](O[C@H]2[C@@H](OCc3ccccc3)[C@@H](COCc3ccccc3)O[C@H](OC)[C@@H]2OCc2ccccc2)[C@H](OC(C)=O)[C@@H](OC(C)=O)[C@@H]1OC(C)=O. The van der Waals surface area contributed by atoms with Gasteiger partial charge in [0.2, 0.25) is 0 Å². The molecule has 0 unspecified atom stereocenters. The van der Waals surface area contributed by atoms with Crippen molar-refractivity contribution in [3.63, 3.8) is 0 Å². The average Bonchev–Trinajstić information content (AvgIpc) is 3.19. The molecule has 15 heteroatoms. The van der Waals surface area contributed by atoms with Gasteiger partial charge in [-0.2, -0.15) is 0 Å². The van der Waals surface area contributed by atoms with E-state index in [0.29, 0.717) is 0 Å². The lowest BCUT2D eigenvalue weighted by molar-refractivity contribution is -0.365. The van der Waals surface area contributed by atoms with Crippen LogP contribution in [0.15, 0.2) is 91.0 Å². The molecular formula is C41H48O15. The van der Waals surface area contributed by atoms with Gasteiger partial charge in [0.1, 0.15) is 24.4 Å². The van der Waals surface area contributed by atoms with Gasteiger partial charge in [0.05, 0.1) is 33.5 Å². The predicted octanol–water partition coefficient (Wildman–Crippen LogP) is 3.82. The van der Waals surface area contributed by atoms with Gasteiger partial charge in [0.25, 0.3) is 0 Å². The van der Waals surface area contributed by atoms with Crippen LogP contribution >= 0.6 is 0 Å². The summed E-state index contributed by atoms with van der Waals surface area (Å²) in [5.41, 5.74) is 2.59. The molecule has 2 saturated heterocycles. The molecule has 0 aliphatic carbocycles. The van der Waals surface area contributed by atoms with Crippen molar-refractivity contribution in [1.29, 1.82) is 0 Å². The van der Waals surface area contributed by atoms with Crippen molar-refractivity contribution >= 4 is 23.9 Å². The Morgan fingerprint density at radius 3 is 1.52 bits per heavy atom. The molecule has 2 aliphatic rings. The number of carbonyl (C=O) groups is 4. The highest BCUT2D eigenvalue weighted by Gasteiger charge is 2.58. The Kier molecular flexibility index (Phi) is 15.9. The Labute approximate surface area is 325 Å². The number of rotatable bonds is 17. The molecule has 3 aromatic rings. The number of benzene rings is 3. The monoisotopic (exact) mass is 780 g/mol. The second-order valence-electron chi connectivity index (χ2n) is 13.1. The first-order valence-corrected chi connectivity index (χ1v) is 18.1. The average molecular weight is 781 g/mol. The van der Waals surface area contributed by atoms with Crippen molar-refractivity contribution in [3.8, 4) is 0 Å². The highest BCUT2D eigenvalue weighted by molar-refractivity contribution is 5.77. The number of ether oxygens (including phenoxy) is 11. The minimum atomic E-state index is -1.69. The standard InChI is InChI=1S/C41H48O15/c1-25(42)51-34-35(52-26(2)43)38(53-27(3)44)41(56-36(34)39(45)46-4)55-33-32(49-22-29-17-11-7-12-18-29)31(24-48-21-28-15-9-6-10-16-28)54-40(47-5)37(33)50-23-30-19-13-8-14-20-30/h6-20,31-38,40-41H,21-24H2,1-5H3/t31-,32+,33+,34+,35+,36+,37-,38-,40+,41-/m1/s1. The molecule has 0 bridgehead atoms. The molecule has 10 atom stereocenters. The molecule has 0 amide bonds. The van der Waals surface area contributed by atoms with Gasteiger partial charge < -0.3 is 52.1 Å². The highest BCUT2D eigenvalue weighted by Crippen LogP contribution is 2.36. The lowest BCUT2D eigenvalue weighted by atomic mass is 9.95. The summed E-state index contributed by atoms with van der Waals surface area (Å²) in [6.45, 7) is 3.78. The first-order chi connectivity index (χ1) is 27.1. The third kappa shape index (κ3) is 11.6. The first kappa shape index (κ1) is 42.4. The van der Waals surface area contributed by atoms with Crippen LogP contribution in [0.3, 0.4) is 0 Å². The zero-order chi connectivity index (χ0) is 40.0. The molecule has 0 saturated carbocycles. The van der Waals surface area contributed by atoms with Crippen molar-refractivity contribution in [2.45, 2.75) is 102 Å². The normalized spacial score (nSPS) is 27.4. The molecule has 2 fully saturated rings. The molecule has 2 aliphatic heterocycles. The third-order valence-electron chi connectivity index (χ3n) is 8.91. The number of esters is 4. The summed E-state index contributed by atoms with van der Waals surface area (Å²) >= 11 is 0. The summed E-state index contributed by atoms with van der Waals surface area (Å²) in [6.07, 6.45) is -13.3. The summed E-state index contributed by atoms with van der Waals surface area (Å²) in [5.74, 6) is -3.46. The Morgan fingerprint density at radius 2 is 1.02 bits per heavy atom. The second kappa shape index (κ2) is 21.0. The van der Waals surface area contributed by atoms with E-state index in [2.05, 4.69) is 0 Å². The minimum absolute atomic E-state index is 0.00770. The van der Waals surface area contributed by atoms with Crippen LogP contribution in [-0.2, 0) is 91.1 Å². The van der Waals surface area contributed by atoms with E-state index in [1.165, 1.54) is 7.11 Å². The zero-order valence-corrected chi connectivity index (χ0v) is 31.9. The van der Waals surface area contributed by atoms with Crippen LogP contribution in [0, 0.1) is 0 Å². The van der Waals surface area contributed by atoms with Crippen LogP contribution in [0.4, 0.5) is 0 Å². The van der Waals surface area contributed by atoms with Gasteiger partial charge in [-0.05, 0) is 16.7 Å². The molecule has 0 N–H and O–H groups in total. The predicted molar refractivity (Wildman–Crippen MR) is 194 cm³/mol. The van der Waals surface area contributed by atoms with Gasteiger partial charge >= 0.3 is 23.9 Å². The van der Waals surface area contributed by atoms with E-state index >= 15 is 0 Å². The van der Waals surface area contributed by atoms with Crippen molar-refractivity contribution < 1.29 is 71.3 Å². The summed E-state index contributed by atoms with van der Waals surface area (Å²) < 4.78 is 66.3. The second-order valence-corrected chi connectivity index (χ2v) is 13.1. The maximum absolute atomic E-state index is 13.2. The lowest BCUT2D eigenvalue weighted by Crippen LogP contribution is -2.67. The number of hydrogen-bond acceptors (Lipinski definition) is 15. The molecule has 302 valence electrons. The van der Waals surface area contributed by atoms with Crippen LogP contribution in [0.1, 0.15) is 37.5 Å². The molecule has 0 spiro atoms. The molecule has 2 heterocycles. The minimum Gasteiger partial charge on any atom is -0.467 e. The fourth-order valence-electron chi connectivity index (χ4n) is 6.48. The zero-order valence-electron chi connectivity index (χ0n) is 31.9. The Morgan fingerprint density at radius 1 is 0.536 bits per heavy atom. The van der Waals surface area contributed by atoms with Gasteiger partial charge in [0.15, 0.2) is 37.0 Å². The van der Waals surface area contributed by atoms with E-state index in [0.717, 1.165) is 44.6 Å². The van der Waals surface area contributed by atoms with Crippen LogP contribution < -0.4 is 0 Å². The Bertz CT molecular complexity index is 1690. The molecule has 3 aromatic carbocycles. The molecule has 0 aromatic heterocycles. The van der Waals surface area contributed by atoms with E-state index in [1.54, 1.807) is 0 Å². The quantitative estimate of drug-likeness (QED) is 0.143. The smallest absolute Gasteiger partial charge is 0.339 e. The van der Waals surface area contributed by atoms with Crippen molar-refractivity contribution in [2.24, 2.45) is 0 Å². The maximum Gasteiger partial charge on any atom is 0.339 e. The van der Waals surface area contributed by atoms with Gasteiger partial charge in [-0.1, -0.05) is 91.0 Å². The van der Waals surface area contributed by atoms with E-state index in [4.69, 9.17) is 52.1 Å². The fourth-order valence-corrected chi connectivity index (χ4v) is 6.48. The van der Waals surface area contributed by atoms with E-state index in [-0.39, 0.29) is 26.4 Å². The molecule has 0 radical (unpaired) electrons. The number of methoxy groups -OCH3 is 2. The topological polar surface area (TPSA) is 170 Å². The van der Waals surface area contributed by atoms with Crippen LogP contribution in [0.5, 0.6) is 0 Å². The fraction of sp³-hybridized carbons (Fsp3) is 0.463. The van der Waals surface area contributed by atoms with Crippen LogP contribution in [-0.4, -0.2) is 106 Å². The third-order valence-corrected chi connectivity index (χ3v) is 8.91. The summed E-state index contributed by atoms with van der Waals surface area (Å²) in [6, 6.07) is 28.4. The Hall–Kier alpha value is -4.74. The van der Waals surface area contributed by atoms with Gasteiger partial charge in [-0.25, -0.2) is 4.79 Å². The molecular weight excluding hydrogens is 732 g/mol. The van der Waals surface area contributed by atoms with Gasteiger partial charge in [-0.15, -0.1) is 0 Å². The van der Waals surface area contributed by atoms with E-state index in [1.807, 2.05) is 91.0 Å². The van der Waals surface area contributed by atoms with Crippen LogP contribution in [0.2, 0.25) is 0 Å². The molecule has 5 rings (SSSR count). The number of hydrogen-bond donors (Lipinski definition) is 0. The van der Waals surface area contributed by atoms with Crippen molar-refractivity contribution in [3.05, 3.63) is 108 Å². The van der Waals surface area contributed by atoms with E-state index < -0.39 is 85.3 Å².